The molecule has 1 atom stereocenters. The number of nitro benzene ring substituents is 1. The molecule has 68 valence electrons. The molecular weight excluding hydrogens is 177 g/mol. The zero-order valence-corrected chi connectivity index (χ0v) is 6.57. The fourth-order valence-corrected chi connectivity index (χ4v) is 1.18. The molecule has 1 aliphatic rings. The molecule has 0 saturated carbocycles. The first-order chi connectivity index (χ1) is 6.18. The van der Waals surface area contributed by atoms with Crippen molar-refractivity contribution in [1.82, 2.24) is 0 Å². The highest BCUT2D eigenvalue weighted by atomic mass is 19.1. The summed E-state index contributed by atoms with van der Waals surface area (Å²) in [4.78, 5) is 9.96. The van der Waals surface area contributed by atoms with Gasteiger partial charge in [0.2, 0.25) is 0 Å². The molecule has 1 heterocycles. The van der Waals surface area contributed by atoms with E-state index in [2.05, 4.69) is 0 Å². The lowest BCUT2D eigenvalue weighted by Crippen LogP contribution is -1.95. The minimum absolute atomic E-state index is 0.0797. The van der Waals surface area contributed by atoms with Crippen molar-refractivity contribution in [3.8, 4) is 0 Å². The maximum absolute atomic E-state index is 12.7. The molecular formula is C8H6FNO3. The first-order valence-corrected chi connectivity index (χ1v) is 3.74. The topological polar surface area (TPSA) is 55.7 Å². The first kappa shape index (κ1) is 8.12. The molecule has 0 aliphatic carbocycles. The van der Waals surface area contributed by atoms with E-state index in [0.717, 1.165) is 18.2 Å². The van der Waals surface area contributed by atoms with E-state index in [0.29, 0.717) is 12.2 Å². The summed E-state index contributed by atoms with van der Waals surface area (Å²) in [5.74, 6) is -0.476. The van der Waals surface area contributed by atoms with Gasteiger partial charge in [-0.1, -0.05) is 0 Å². The van der Waals surface area contributed by atoms with E-state index in [1.165, 1.54) is 0 Å². The van der Waals surface area contributed by atoms with Gasteiger partial charge in [0.1, 0.15) is 11.9 Å². The summed E-state index contributed by atoms with van der Waals surface area (Å²) in [6, 6.07) is 3.38. The van der Waals surface area contributed by atoms with Gasteiger partial charge in [-0.3, -0.25) is 10.1 Å². The normalized spacial score (nSPS) is 19.9. The molecule has 0 spiro atoms. The van der Waals surface area contributed by atoms with E-state index in [-0.39, 0.29) is 11.8 Å². The van der Waals surface area contributed by atoms with Gasteiger partial charge in [-0.05, 0) is 12.1 Å². The van der Waals surface area contributed by atoms with Gasteiger partial charge in [0.25, 0.3) is 5.69 Å². The van der Waals surface area contributed by atoms with Crippen LogP contribution in [0.4, 0.5) is 10.1 Å². The van der Waals surface area contributed by atoms with Crippen molar-refractivity contribution < 1.29 is 14.1 Å². The summed E-state index contributed by atoms with van der Waals surface area (Å²) in [7, 11) is 0. The minimum Gasteiger partial charge on any atom is -0.368 e. The predicted molar refractivity (Wildman–Crippen MR) is 41.7 cm³/mol. The average molecular weight is 183 g/mol. The molecule has 1 aliphatic heterocycles. The third-order valence-electron chi connectivity index (χ3n) is 1.87. The fraction of sp³-hybridized carbons (Fsp3) is 0.250. The van der Waals surface area contributed by atoms with Crippen LogP contribution in [0, 0.1) is 15.9 Å². The maximum Gasteiger partial charge on any atom is 0.275 e. The quantitative estimate of drug-likeness (QED) is 0.399. The number of ether oxygens (including phenoxy) is 1. The Labute approximate surface area is 73.1 Å². The van der Waals surface area contributed by atoms with Crippen molar-refractivity contribution in [2.45, 2.75) is 6.10 Å². The molecule has 5 heteroatoms. The summed E-state index contributed by atoms with van der Waals surface area (Å²) >= 11 is 0. The SMILES string of the molecule is O=[N+]([O-])c1ccc(F)cc1C1CO1. The summed E-state index contributed by atoms with van der Waals surface area (Å²) in [5.41, 5.74) is 0.244. The Bertz CT molecular complexity index is 362. The van der Waals surface area contributed by atoms with Crippen molar-refractivity contribution >= 4 is 5.69 Å². The first-order valence-electron chi connectivity index (χ1n) is 3.74. The Kier molecular flexibility index (Phi) is 1.73. The second-order valence-corrected chi connectivity index (χ2v) is 2.78. The Morgan fingerprint density at radius 3 is 2.85 bits per heavy atom. The predicted octanol–water partition coefficient (Wildman–Crippen LogP) is 1.81. The minimum atomic E-state index is -0.531. The third kappa shape index (κ3) is 1.50. The molecule has 0 aromatic heterocycles. The lowest BCUT2D eigenvalue weighted by atomic mass is 10.1. The van der Waals surface area contributed by atoms with E-state index in [1.54, 1.807) is 0 Å². The van der Waals surface area contributed by atoms with E-state index in [4.69, 9.17) is 4.74 Å². The Balaban J connectivity index is 2.47. The van der Waals surface area contributed by atoms with Gasteiger partial charge in [-0.25, -0.2) is 4.39 Å². The number of nitrogens with zero attached hydrogens (tertiary/aromatic N) is 1. The number of epoxide rings is 1. The van der Waals surface area contributed by atoms with E-state index >= 15 is 0 Å². The van der Waals surface area contributed by atoms with Crippen LogP contribution < -0.4 is 0 Å². The lowest BCUT2D eigenvalue weighted by molar-refractivity contribution is -0.385. The van der Waals surface area contributed by atoms with Crippen LogP contribution in [0.5, 0.6) is 0 Å². The van der Waals surface area contributed by atoms with Crippen molar-refractivity contribution in [1.29, 1.82) is 0 Å². The van der Waals surface area contributed by atoms with Gasteiger partial charge < -0.3 is 4.74 Å². The zero-order chi connectivity index (χ0) is 9.42. The molecule has 0 amide bonds. The highest BCUT2D eigenvalue weighted by Crippen LogP contribution is 2.36. The number of benzene rings is 1. The van der Waals surface area contributed by atoms with Crippen LogP contribution in [0.3, 0.4) is 0 Å². The van der Waals surface area contributed by atoms with E-state index in [1.807, 2.05) is 0 Å². The van der Waals surface area contributed by atoms with Crippen LogP contribution in [0.1, 0.15) is 11.7 Å². The third-order valence-corrected chi connectivity index (χ3v) is 1.87. The van der Waals surface area contributed by atoms with Crippen LogP contribution in [-0.4, -0.2) is 11.5 Å². The highest BCUT2D eigenvalue weighted by Gasteiger charge is 2.32. The van der Waals surface area contributed by atoms with E-state index in [9.17, 15) is 14.5 Å². The van der Waals surface area contributed by atoms with Crippen molar-refractivity contribution in [2.75, 3.05) is 6.61 Å². The second kappa shape index (κ2) is 2.77. The monoisotopic (exact) mass is 183 g/mol. The second-order valence-electron chi connectivity index (χ2n) is 2.78. The van der Waals surface area contributed by atoms with E-state index < -0.39 is 10.7 Å². The van der Waals surface area contributed by atoms with Gasteiger partial charge in [0, 0.05) is 6.07 Å². The van der Waals surface area contributed by atoms with Gasteiger partial charge >= 0.3 is 0 Å². The maximum atomic E-state index is 12.7. The van der Waals surface area contributed by atoms with Gasteiger partial charge in [-0.2, -0.15) is 0 Å². The highest BCUT2D eigenvalue weighted by molar-refractivity contribution is 5.43. The number of hydrogen-bond donors (Lipinski definition) is 0. The van der Waals surface area contributed by atoms with Crippen LogP contribution in [-0.2, 0) is 4.74 Å². The smallest absolute Gasteiger partial charge is 0.275 e. The molecule has 1 aromatic carbocycles. The summed E-state index contributed by atoms with van der Waals surface area (Å²) in [6.07, 6.45) is -0.295. The van der Waals surface area contributed by atoms with Gasteiger partial charge in [0.05, 0.1) is 17.1 Å². The molecule has 1 aromatic rings. The van der Waals surface area contributed by atoms with Crippen LogP contribution in [0.15, 0.2) is 18.2 Å². The molecule has 1 unspecified atom stereocenters. The molecule has 1 fully saturated rings. The van der Waals surface area contributed by atoms with Gasteiger partial charge in [-0.15, -0.1) is 0 Å². The summed E-state index contributed by atoms with van der Waals surface area (Å²) in [5, 5.41) is 10.5. The zero-order valence-electron chi connectivity index (χ0n) is 6.57. The molecule has 13 heavy (non-hydrogen) atoms. The van der Waals surface area contributed by atoms with Crippen molar-refractivity contribution in [3.05, 3.63) is 39.7 Å². The molecule has 0 radical (unpaired) electrons. The number of nitro groups is 1. The standard InChI is InChI=1S/C8H6FNO3/c9-5-1-2-7(10(11)12)6(3-5)8-4-13-8/h1-3,8H,4H2. The molecule has 2 rings (SSSR count). The largest absolute Gasteiger partial charge is 0.368 e. The lowest BCUT2D eigenvalue weighted by Gasteiger charge is -1.98. The number of hydrogen-bond acceptors (Lipinski definition) is 3. The van der Waals surface area contributed by atoms with Crippen molar-refractivity contribution in [2.24, 2.45) is 0 Å². The van der Waals surface area contributed by atoms with Crippen molar-refractivity contribution in [3.63, 3.8) is 0 Å². The number of rotatable bonds is 2. The Hall–Kier alpha value is -1.49. The van der Waals surface area contributed by atoms with Crippen LogP contribution in [0.2, 0.25) is 0 Å². The Morgan fingerprint density at radius 2 is 2.31 bits per heavy atom. The summed E-state index contributed by atoms with van der Waals surface area (Å²) < 4.78 is 17.6. The van der Waals surface area contributed by atoms with Crippen LogP contribution >= 0.6 is 0 Å². The average Bonchev–Trinajstić information content (AvgIpc) is 2.85. The number of halogens is 1. The molecule has 1 saturated heterocycles. The molecule has 4 nitrogen and oxygen atoms in total. The Morgan fingerprint density at radius 1 is 1.62 bits per heavy atom. The van der Waals surface area contributed by atoms with Gasteiger partial charge in [0.15, 0.2) is 0 Å². The molecule has 0 bridgehead atoms. The fourth-order valence-electron chi connectivity index (χ4n) is 1.18. The molecule has 0 N–H and O–H groups in total. The summed E-state index contributed by atoms with van der Waals surface area (Å²) in [6.45, 7) is 0.435. The van der Waals surface area contributed by atoms with Crippen LogP contribution in [0.25, 0.3) is 0 Å².